The molecule has 2 nitrogen and oxygen atoms in total. The second-order valence-corrected chi connectivity index (χ2v) is 4.96. The average Bonchev–Trinajstić information content (AvgIpc) is 2.69. The normalized spacial score (nSPS) is 17.4. The van der Waals surface area contributed by atoms with E-state index in [1.807, 2.05) is 18.2 Å². The van der Waals surface area contributed by atoms with Gasteiger partial charge in [-0.15, -0.1) is 0 Å². The second kappa shape index (κ2) is 4.54. The maximum atomic E-state index is 6.23. The molecule has 0 bridgehead atoms. The Labute approximate surface area is 112 Å². The van der Waals surface area contributed by atoms with E-state index in [2.05, 4.69) is 47.5 Å². The molecule has 0 radical (unpaired) electrons. The molecule has 0 saturated carbocycles. The van der Waals surface area contributed by atoms with Gasteiger partial charge in [-0.25, -0.2) is 0 Å². The van der Waals surface area contributed by atoms with E-state index in [0.29, 0.717) is 6.17 Å². The van der Waals surface area contributed by atoms with Gasteiger partial charge in [0.15, 0.2) is 0 Å². The molecule has 1 aliphatic rings. The lowest BCUT2D eigenvalue weighted by molar-refractivity contribution is 0.725. The van der Waals surface area contributed by atoms with Gasteiger partial charge in [-0.1, -0.05) is 41.9 Å². The SMILES string of the molecule is CC1Nc2ccccc2N1Cc1ccccc1Cl. The van der Waals surface area contributed by atoms with Crippen LogP contribution in [0.25, 0.3) is 0 Å². The zero-order chi connectivity index (χ0) is 12.5. The van der Waals surface area contributed by atoms with Crippen molar-refractivity contribution in [2.75, 3.05) is 10.2 Å². The molecule has 1 N–H and O–H groups in total. The number of halogens is 1. The lowest BCUT2D eigenvalue weighted by Gasteiger charge is -2.24. The highest BCUT2D eigenvalue weighted by Crippen LogP contribution is 2.35. The van der Waals surface area contributed by atoms with Gasteiger partial charge in [0.05, 0.1) is 17.5 Å². The van der Waals surface area contributed by atoms with E-state index in [-0.39, 0.29) is 0 Å². The van der Waals surface area contributed by atoms with Crippen molar-refractivity contribution >= 4 is 23.0 Å². The average molecular weight is 259 g/mol. The Kier molecular flexibility index (Phi) is 2.88. The van der Waals surface area contributed by atoms with Gasteiger partial charge in [0, 0.05) is 11.6 Å². The highest BCUT2D eigenvalue weighted by atomic mass is 35.5. The van der Waals surface area contributed by atoms with Crippen LogP contribution in [0.2, 0.25) is 5.02 Å². The Bertz CT molecular complexity index is 568. The monoisotopic (exact) mass is 258 g/mol. The summed E-state index contributed by atoms with van der Waals surface area (Å²) in [5, 5.41) is 4.30. The smallest absolute Gasteiger partial charge is 0.0965 e. The van der Waals surface area contributed by atoms with Crippen LogP contribution in [0, 0.1) is 0 Å². The van der Waals surface area contributed by atoms with Crippen LogP contribution >= 0.6 is 11.6 Å². The molecule has 1 aliphatic heterocycles. The summed E-state index contributed by atoms with van der Waals surface area (Å²) >= 11 is 6.23. The summed E-state index contributed by atoms with van der Waals surface area (Å²) < 4.78 is 0. The van der Waals surface area contributed by atoms with Gasteiger partial charge in [0.1, 0.15) is 0 Å². The highest BCUT2D eigenvalue weighted by Gasteiger charge is 2.24. The third kappa shape index (κ3) is 1.93. The molecule has 3 heteroatoms. The summed E-state index contributed by atoms with van der Waals surface area (Å²) in [5.41, 5.74) is 3.59. The van der Waals surface area contributed by atoms with Crippen molar-refractivity contribution in [3.05, 3.63) is 59.1 Å². The van der Waals surface area contributed by atoms with E-state index in [0.717, 1.165) is 17.1 Å². The Hall–Kier alpha value is -1.67. The number of hydrogen-bond acceptors (Lipinski definition) is 2. The van der Waals surface area contributed by atoms with E-state index in [4.69, 9.17) is 11.6 Å². The van der Waals surface area contributed by atoms with Crippen LogP contribution in [-0.4, -0.2) is 6.17 Å². The quantitative estimate of drug-likeness (QED) is 0.872. The molecule has 0 spiro atoms. The van der Waals surface area contributed by atoms with Crippen LogP contribution < -0.4 is 10.2 Å². The predicted molar refractivity (Wildman–Crippen MR) is 77.2 cm³/mol. The largest absolute Gasteiger partial charge is 0.364 e. The van der Waals surface area contributed by atoms with Crippen molar-refractivity contribution in [3.8, 4) is 0 Å². The number of nitrogens with zero attached hydrogens (tertiary/aromatic N) is 1. The third-order valence-electron chi connectivity index (χ3n) is 3.34. The zero-order valence-corrected chi connectivity index (χ0v) is 11.0. The first kappa shape index (κ1) is 11.4. The molecule has 1 heterocycles. The van der Waals surface area contributed by atoms with Gasteiger partial charge in [-0.2, -0.15) is 0 Å². The van der Waals surface area contributed by atoms with E-state index in [1.54, 1.807) is 0 Å². The fraction of sp³-hybridized carbons (Fsp3) is 0.200. The van der Waals surface area contributed by atoms with E-state index >= 15 is 0 Å². The van der Waals surface area contributed by atoms with Crippen molar-refractivity contribution < 1.29 is 0 Å². The topological polar surface area (TPSA) is 15.3 Å². The molecule has 92 valence electrons. The Morgan fingerprint density at radius 2 is 1.83 bits per heavy atom. The Morgan fingerprint density at radius 3 is 2.67 bits per heavy atom. The minimum atomic E-state index is 0.290. The summed E-state index contributed by atoms with van der Waals surface area (Å²) in [6, 6.07) is 16.4. The molecule has 1 atom stereocenters. The molecule has 0 amide bonds. The van der Waals surface area contributed by atoms with Crippen LogP contribution in [0.15, 0.2) is 48.5 Å². The van der Waals surface area contributed by atoms with Crippen LogP contribution in [0.3, 0.4) is 0 Å². The van der Waals surface area contributed by atoms with Gasteiger partial charge in [-0.3, -0.25) is 0 Å². The van der Waals surface area contributed by atoms with Crippen molar-refractivity contribution in [1.29, 1.82) is 0 Å². The number of rotatable bonds is 2. The van der Waals surface area contributed by atoms with Crippen molar-refractivity contribution in [2.24, 2.45) is 0 Å². The summed E-state index contributed by atoms with van der Waals surface area (Å²) in [5.74, 6) is 0. The molecule has 2 aromatic rings. The number of hydrogen-bond donors (Lipinski definition) is 1. The van der Waals surface area contributed by atoms with E-state index in [9.17, 15) is 0 Å². The molecule has 0 saturated heterocycles. The standard InChI is InChI=1S/C15H15ClN2/c1-11-17-14-8-4-5-9-15(14)18(11)10-12-6-2-3-7-13(12)16/h2-9,11,17H,10H2,1H3. The van der Waals surface area contributed by atoms with Crippen LogP contribution in [0.5, 0.6) is 0 Å². The Balaban J connectivity index is 1.92. The minimum Gasteiger partial charge on any atom is -0.364 e. The van der Waals surface area contributed by atoms with Gasteiger partial charge < -0.3 is 10.2 Å². The second-order valence-electron chi connectivity index (χ2n) is 4.56. The van der Waals surface area contributed by atoms with Crippen LogP contribution in [0.1, 0.15) is 12.5 Å². The first-order valence-corrected chi connectivity index (χ1v) is 6.49. The van der Waals surface area contributed by atoms with Gasteiger partial charge in [0.2, 0.25) is 0 Å². The van der Waals surface area contributed by atoms with Crippen LogP contribution in [-0.2, 0) is 6.54 Å². The Morgan fingerprint density at radius 1 is 1.11 bits per heavy atom. The molecular weight excluding hydrogens is 244 g/mol. The third-order valence-corrected chi connectivity index (χ3v) is 3.71. The molecule has 0 aliphatic carbocycles. The van der Waals surface area contributed by atoms with Crippen molar-refractivity contribution in [1.82, 2.24) is 0 Å². The molecule has 3 rings (SSSR count). The summed E-state index contributed by atoms with van der Waals surface area (Å²) in [6.07, 6.45) is 0.290. The summed E-state index contributed by atoms with van der Waals surface area (Å²) in [7, 11) is 0. The number of para-hydroxylation sites is 2. The van der Waals surface area contributed by atoms with E-state index in [1.165, 1.54) is 11.4 Å². The fourth-order valence-corrected chi connectivity index (χ4v) is 2.59. The molecule has 1 unspecified atom stereocenters. The van der Waals surface area contributed by atoms with Crippen molar-refractivity contribution in [3.63, 3.8) is 0 Å². The first-order valence-electron chi connectivity index (χ1n) is 6.11. The zero-order valence-electron chi connectivity index (χ0n) is 10.2. The molecular formula is C15H15ClN2. The van der Waals surface area contributed by atoms with Gasteiger partial charge in [-0.05, 0) is 30.7 Å². The molecule has 0 aromatic heterocycles. The van der Waals surface area contributed by atoms with Gasteiger partial charge >= 0.3 is 0 Å². The van der Waals surface area contributed by atoms with Crippen molar-refractivity contribution in [2.45, 2.75) is 19.6 Å². The fourth-order valence-electron chi connectivity index (χ4n) is 2.39. The molecule has 0 fully saturated rings. The lowest BCUT2D eigenvalue weighted by atomic mass is 10.2. The minimum absolute atomic E-state index is 0.290. The molecule has 18 heavy (non-hydrogen) atoms. The predicted octanol–water partition coefficient (Wildman–Crippen LogP) is 4.12. The maximum Gasteiger partial charge on any atom is 0.0965 e. The number of anilines is 2. The lowest BCUT2D eigenvalue weighted by Crippen LogP contribution is -2.32. The first-order chi connectivity index (χ1) is 8.75. The van der Waals surface area contributed by atoms with E-state index < -0.39 is 0 Å². The summed E-state index contributed by atoms with van der Waals surface area (Å²) in [4.78, 5) is 2.33. The molecule has 2 aromatic carbocycles. The highest BCUT2D eigenvalue weighted by molar-refractivity contribution is 6.31. The number of fused-ring (bicyclic) bond motifs is 1. The van der Waals surface area contributed by atoms with Crippen LogP contribution in [0.4, 0.5) is 11.4 Å². The van der Waals surface area contributed by atoms with Gasteiger partial charge in [0.25, 0.3) is 0 Å². The maximum absolute atomic E-state index is 6.23. The summed E-state index contributed by atoms with van der Waals surface area (Å²) in [6.45, 7) is 2.99. The number of benzene rings is 2. The number of nitrogens with one attached hydrogen (secondary N) is 1.